The molecule has 3 nitrogen and oxygen atoms in total. The van der Waals surface area contributed by atoms with Crippen molar-refractivity contribution in [3.63, 3.8) is 0 Å². The quantitative estimate of drug-likeness (QED) is 0.509. The average molecular weight is 364 g/mol. The summed E-state index contributed by atoms with van der Waals surface area (Å²) in [5, 5.41) is 3.19. The predicted octanol–water partition coefficient (Wildman–Crippen LogP) is 3.88. The highest BCUT2D eigenvalue weighted by molar-refractivity contribution is 14.1. The number of anilines is 1. The Balaban J connectivity index is 2.07. The molecule has 0 aliphatic heterocycles. The Morgan fingerprint density at radius 1 is 1.26 bits per heavy atom. The molecule has 2 aromatic rings. The summed E-state index contributed by atoms with van der Waals surface area (Å²) < 4.78 is 1.18. The minimum Gasteiger partial charge on any atom is -0.359 e. The van der Waals surface area contributed by atoms with Gasteiger partial charge in [-0.3, -0.25) is 9.78 Å². The fraction of sp³-hybridized carbons (Fsp3) is 0.0667. The second-order valence-corrected chi connectivity index (χ2v) is 5.31. The molecule has 0 fully saturated rings. The molecular weight excluding hydrogens is 351 g/mol. The summed E-state index contributed by atoms with van der Waals surface area (Å²) in [7, 11) is 0. The van der Waals surface area contributed by atoms with Gasteiger partial charge in [0.25, 0.3) is 0 Å². The lowest BCUT2D eigenvalue weighted by Gasteiger charge is -2.06. The molecular formula is C15H13IN2O. The van der Waals surface area contributed by atoms with Crippen LogP contribution < -0.4 is 5.32 Å². The van der Waals surface area contributed by atoms with E-state index in [0.717, 1.165) is 11.4 Å². The van der Waals surface area contributed by atoms with Crippen LogP contribution in [0.5, 0.6) is 0 Å². The minimum atomic E-state index is -0.0522. The van der Waals surface area contributed by atoms with E-state index in [1.165, 1.54) is 3.57 Å². The van der Waals surface area contributed by atoms with E-state index in [9.17, 15) is 4.79 Å². The van der Waals surface area contributed by atoms with Crippen LogP contribution >= 0.6 is 22.6 Å². The van der Waals surface area contributed by atoms with E-state index in [1.807, 2.05) is 31.2 Å². The number of carbonyl (C=O) groups excluding carboxylic acids is 1. The maximum absolute atomic E-state index is 11.9. The van der Waals surface area contributed by atoms with Crippen molar-refractivity contribution in [2.45, 2.75) is 6.92 Å². The lowest BCUT2D eigenvalue weighted by molar-refractivity contribution is 0.104. The molecule has 0 atom stereocenters. The molecule has 0 aliphatic rings. The van der Waals surface area contributed by atoms with Gasteiger partial charge in [-0.05, 0) is 65.9 Å². The molecule has 0 aliphatic carbocycles. The van der Waals surface area contributed by atoms with Gasteiger partial charge in [-0.2, -0.15) is 0 Å². The van der Waals surface area contributed by atoms with Crippen molar-refractivity contribution < 1.29 is 4.79 Å². The van der Waals surface area contributed by atoms with Gasteiger partial charge in [0.2, 0.25) is 0 Å². The van der Waals surface area contributed by atoms with E-state index >= 15 is 0 Å². The second-order valence-electron chi connectivity index (χ2n) is 4.07. The van der Waals surface area contributed by atoms with Crippen molar-refractivity contribution in [1.29, 1.82) is 0 Å². The zero-order chi connectivity index (χ0) is 13.7. The number of nitrogens with zero attached hydrogens (tertiary/aromatic N) is 1. The third-order valence-electron chi connectivity index (χ3n) is 2.48. The zero-order valence-corrected chi connectivity index (χ0v) is 12.6. The zero-order valence-electron chi connectivity index (χ0n) is 10.4. The van der Waals surface area contributed by atoms with Crippen LogP contribution in [0.3, 0.4) is 0 Å². The SMILES string of the molecule is CC(=CC(=O)c1cccnc1)Nc1ccc(I)cc1. The highest BCUT2D eigenvalue weighted by Gasteiger charge is 2.02. The Labute approximate surface area is 125 Å². The summed E-state index contributed by atoms with van der Waals surface area (Å²) in [6.07, 6.45) is 4.79. The summed E-state index contributed by atoms with van der Waals surface area (Å²) in [4.78, 5) is 15.9. The summed E-state index contributed by atoms with van der Waals surface area (Å²) in [6.45, 7) is 1.87. The lowest BCUT2D eigenvalue weighted by Crippen LogP contribution is -2.01. The number of ketones is 1. The van der Waals surface area contributed by atoms with Crippen molar-refractivity contribution in [3.05, 3.63) is 69.7 Å². The van der Waals surface area contributed by atoms with E-state index in [4.69, 9.17) is 0 Å². The third kappa shape index (κ3) is 4.17. The van der Waals surface area contributed by atoms with Crippen LogP contribution in [0.1, 0.15) is 17.3 Å². The lowest BCUT2D eigenvalue weighted by atomic mass is 10.1. The van der Waals surface area contributed by atoms with Crippen molar-refractivity contribution in [1.82, 2.24) is 4.98 Å². The van der Waals surface area contributed by atoms with Crippen LogP contribution in [0.4, 0.5) is 5.69 Å². The van der Waals surface area contributed by atoms with Crippen molar-refractivity contribution in [2.24, 2.45) is 0 Å². The van der Waals surface area contributed by atoms with Crippen molar-refractivity contribution in [2.75, 3.05) is 5.32 Å². The molecule has 2 rings (SSSR count). The predicted molar refractivity (Wildman–Crippen MR) is 85.1 cm³/mol. The van der Waals surface area contributed by atoms with Crippen LogP contribution in [0.15, 0.2) is 60.6 Å². The molecule has 0 saturated carbocycles. The molecule has 1 aromatic heterocycles. The fourth-order valence-corrected chi connectivity index (χ4v) is 1.95. The fourth-order valence-electron chi connectivity index (χ4n) is 1.59. The number of nitrogens with one attached hydrogen (secondary N) is 1. The number of rotatable bonds is 4. The second kappa shape index (κ2) is 6.47. The van der Waals surface area contributed by atoms with E-state index in [1.54, 1.807) is 30.6 Å². The highest BCUT2D eigenvalue weighted by Crippen LogP contribution is 2.13. The van der Waals surface area contributed by atoms with Gasteiger partial charge >= 0.3 is 0 Å². The number of benzene rings is 1. The smallest absolute Gasteiger partial charge is 0.189 e. The van der Waals surface area contributed by atoms with E-state index in [-0.39, 0.29) is 5.78 Å². The number of aromatic nitrogens is 1. The molecule has 4 heteroatoms. The van der Waals surface area contributed by atoms with E-state index in [0.29, 0.717) is 5.56 Å². The van der Waals surface area contributed by atoms with Crippen LogP contribution in [0.25, 0.3) is 0 Å². The molecule has 0 saturated heterocycles. The Kier molecular flexibility index (Phi) is 4.68. The topological polar surface area (TPSA) is 42.0 Å². The first-order valence-electron chi connectivity index (χ1n) is 5.80. The maximum atomic E-state index is 11.9. The molecule has 1 heterocycles. The average Bonchev–Trinajstić information content (AvgIpc) is 2.42. The van der Waals surface area contributed by atoms with Gasteiger partial charge in [0.05, 0.1) is 0 Å². The van der Waals surface area contributed by atoms with Crippen LogP contribution in [0, 0.1) is 3.57 Å². The third-order valence-corrected chi connectivity index (χ3v) is 3.20. The van der Waals surface area contributed by atoms with Gasteiger partial charge in [0, 0.05) is 39.0 Å². The number of halogens is 1. The highest BCUT2D eigenvalue weighted by atomic mass is 127. The Bertz CT molecular complexity index is 591. The standard InChI is InChI=1S/C15H13IN2O/c1-11(18-14-6-4-13(16)5-7-14)9-15(19)12-3-2-8-17-10-12/h2-10,18H,1H3. The number of carbonyl (C=O) groups is 1. The summed E-state index contributed by atoms with van der Waals surface area (Å²) in [5.41, 5.74) is 2.36. The van der Waals surface area contributed by atoms with Crippen LogP contribution in [-0.4, -0.2) is 10.8 Å². The monoisotopic (exact) mass is 364 g/mol. The molecule has 19 heavy (non-hydrogen) atoms. The first-order valence-corrected chi connectivity index (χ1v) is 6.88. The summed E-state index contributed by atoms with van der Waals surface area (Å²) in [5.74, 6) is -0.0522. The van der Waals surface area contributed by atoms with Gasteiger partial charge in [0.1, 0.15) is 0 Å². The number of allylic oxidation sites excluding steroid dienone is 2. The molecule has 0 bridgehead atoms. The Morgan fingerprint density at radius 2 is 2.00 bits per heavy atom. The van der Waals surface area contributed by atoms with E-state index in [2.05, 4.69) is 32.9 Å². The van der Waals surface area contributed by atoms with Crippen LogP contribution in [0.2, 0.25) is 0 Å². The van der Waals surface area contributed by atoms with Gasteiger partial charge in [-0.1, -0.05) is 0 Å². The summed E-state index contributed by atoms with van der Waals surface area (Å²) in [6, 6.07) is 11.5. The Hall–Kier alpha value is -1.69. The molecule has 0 spiro atoms. The van der Waals surface area contributed by atoms with Gasteiger partial charge < -0.3 is 5.32 Å². The maximum Gasteiger partial charge on any atom is 0.189 e. The Morgan fingerprint density at radius 3 is 2.63 bits per heavy atom. The molecule has 0 amide bonds. The molecule has 1 N–H and O–H groups in total. The van der Waals surface area contributed by atoms with Gasteiger partial charge in [-0.15, -0.1) is 0 Å². The van der Waals surface area contributed by atoms with Crippen molar-refractivity contribution in [3.8, 4) is 0 Å². The van der Waals surface area contributed by atoms with E-state index < -0.39 is 0 Å². The minimum absolute atomic E-state index is 0.0522. The van der Waals surface area contributed by atoms with Crippen LogP contribution in [-0.2, 0) is 0 Å². The summed E-state index contributed by atoms with van der Waals surface area (Å²) >= 11 is 2.25. The largest absolute Gasteiger partial charge is 0.359 e. The number of pyridine rings is 1. The van der Waals surface area contributed by atoms with Crippen molar-refractivity contribution >= 4 is 34.1 Å². The molecule has 0 unspecified atom stereocenters. The normalized spacial score (nSPS) is 11.2. The first kappa shape index (κ1) is 13.7. The first-order chi connectivity index (χ1) is 9.15. The molecule has 96 valence electrons. The number of hydrogen-bond donors (Lipinski definition) is 1. The van der Waals surface area contributed by atoms with Gasteiger partial charge in [0.15, 0.2) is 5.78 Å². The number of hydrogen-bond acceptors (Lipinski definition) is 3. The molecule has 1 aromatic carbocycles. The van der Waals surface area contributed by atoms with Gasteiger partial charge in [-0.25, -0.2) is 0 Å². The molecule has 0 radical (unpaired) electrons.